The van der Waals surface area contributed by atoms with Crippen LogP contribution in [0.5, 0.6) is 5.75 Å². The van der Waals surface area contributed by atoms with Crippen molar-refractivity contribution in [3.8, 4) is 5.75 Å². The van der Waals surface area contributed by atoms with Gasteiger partial charge >= 0.3 is 6.36 Å². The van der Waals surface area contributed by atoms with Gasteiger partial charge in [-0.2, -0.15) is 0 Å². The molecular weight excluding hydrogens is 443 g/mol. The van der Waals surface area contributed by atoms with Crippen molar-refractivity contribution in [2.45, 2.75) is 44.9 Å². The second-order valence-electron chi connectivity index (χ2n) is 8.48. The van der Waals surface area contributed by atoms with Crippen molar-refractivity contribution in [3.05, 3.63) is 72.2 Å². The van der Waals surface area contributed by atoms with E-state index in [1.165, 1.54) is 12.1 Å². The summed E-state index contributed by atoms with van der Waals surface area (Å²) >= 11 is 0. The first kappa shape index (κ1) is 23.7. The lowest BCUT2D eigenvalue weighted by Crippen LogP contribution is -2.38. The van der Waals surface area contributed by atoms with E-state index in [0.29, 0.717) is 18.7 Å². The van der Waals surface area contributed by atoms with Crippen LogP contribution in [0.25, 0.3) is 16.5 Å². The number of piperidine rings is 1. The predicted molar refractivity (Wildman–Crippen MR) is 124 cm³/mol. The summed E-state index contributed by atoms with van der Waals surface area (Å²) in [6.45, 7) is 7.38. The second kappa shape index (κ2) is 9.83. The molecule has 3 aromatic rings. The Morgan fingerprint density at radius 2 is 1.76 bits per heavy atom. The molecule has 178 valence electrons. The van der Waals surface area contributed by atoms with Crippen LogP contribution in [0.2, 0.25) is 0 Å². The van der Waals surface area contributed by atoms with E-state index in [1.807, 2.05) is 0 Å². The van der Waals surface area contributed by atoms with Crippen molar-refractivity contribution >= 4 is 22.4 Å². The molecule has 0 radical (unpaired) electrons. The number of nitrogens with zero attached hydrogens (tertiary/aromatic N) is 3. The lowest BCUT2D eigenvalue weighted by molar-refractivity contribution is -0.274. The van der Waals surface area contributed by atoms with Crippen molar-refractivity contribution in [1.29, 1.82) is 0 Å². The van der Waals surface area contributed by atoms with E-state index in [-0.39, 0.29) is 17.6 Å². The summed E-state index contributed by atoms with van der Waals surface area (Å²) in [6.07, 6.45) is 0.299. The van der Waals surface area contributed by atoms with Gasteiger partial charge in [-0.15, -0.1) is 13.2 Å². The average molecular weight is 470 g/mol. The number of carbonyl (C=O) groups is 1. The minimum atomic E-state index is -4.76. The zero-order valence-corrected chi connectivity index (χ0v) is 18.9. The molecule has 1 fully saturated rings. The lowest BCUT2D eigenvalue weighted by Gasteiger charge is -2.32. The second-order valence-corrected chi connectivity index (χ2v) is 8.48. The van der Waals surface area contributed by atoms with Crippen LogP contribution in [-0.2, 0) is 0 Å². The number of ether oxygens (including phenoxy) is 1. The number of rotatable bonds is 6. The van der Waals surface area contributed by atoms with Crippen LogP contribution in [0.4, 0.5) is 13.2 Å². The van der Waals surface area contributed by atoms with E-state index in [0.717, 1.165) is 65.5 Å². The van der Waals surface area contributed by atoms with E-state index in [1.54, 1.807) is 11.2 Å². The maximum Gasteiger partial charge on any atom is 0.573 e. The molecule has 2 aromatic carbocycles. The number of alkyl halides is 3. The Hall–Kier alpha value is -3.42. The van der Waals surface area contributed by atoms with Gasteiger partial charge in [0, 0.05) is 30.0 Å². The van der Waals surface area contributed by atoms with Gasteiger partial charge in [-0.1, -0.05) is 32.1 Å². The van der Waals surface area contributed by atoms with Crippen molar-refractivity contribution in [2.24, 2.45) is 0 Å². The molecule has 4 rings (SSSR count). The van der Waals surface area contributed by atoms with Crippen LogP contribution >= 0.6 is 0 Å². The summed E-state index contributed by atoms with van der Waals surface area (Å²) < 4.78 is 40.9. The molecule has 0 atom stereocenters. The molecule has 5 nitrogen and oxygen atoms in total. The molecule has 8 heteroatoms. The van der Waals surface area contributed by atoms with Crippen LogP contribution < -0.4 is 4.74 Å². The van der Waals surface area contributed by atoms with Gasteiger partial charge in [0.15, 0.2) is 0 Å². The normalized spacial score (nSPS) is 14.9. The molecule has 0 bridgehead atoms. The Labute approximate surface area is 196 Å². The van der Waals surface area contributed by atoms with Crippen molar-refractivity contribution in [1.82, 2.24) is 14.9 Å². The highest BCUT2D eigenvalue weighted by atomic mass is 19.4. The summed E-state index contributed by atoms with van der Waals surface area (Å²) in [5, 5.41) is 1.01. The minimum absolute atomic E-state index is 0.196. The Morgan fingerprint density at radius 3 is 2.41 bits per heavy atom. The lowest BCUT2D eigenvalue weighted by atomic mass is 9.90. The number of fused-ring (bicyclic) bond motifs is 1. The minimum Gasteiger partial charge on any atom is -0.406 e. The zero-order chi connectivity index (χ0) is 24.3. The predicted octanol–water partition coefficient (Wildman–Crippen LogP) is 6.36. The quantitative estimate of drug-likeness (QED) is 0.421. The fourth-order valence-corrected chi connectivity index (χ4v) is 4.41. The molecule has 1 aliphatic rings. The molecule has 34 heavy (non-hydrogen) atoms. The van der Waals surface area contributed by atoms with Gasteiger partial charge < -0.3 is 9.64 Å². The largest absolute Gasteiger partial charge is 0.573 e. The van der Waals surface area contributed by atoms with Crippen LogP contribution in [-0.4, -0.2) is 40.2 Å². The number of amides is 1. The van der Waals surface area contributed by atoms with Crippen LogP contribution in [0.15, 0.2) is 55.4 Å². The Morgan fingerprint density at radius 1 is 1.09 bits per heavy atom. The monoisotopic (exact) mass is 469 g/mol. The van der Waals surface area contributed by atoms with E-state index >= 15 is 0 Å². The van der Waals surface area contributed by atoms with Crippen LogP contribution in [0.3, 0.4) is 0 Å². The van der Waals surface area contributed by atoms with Gasteiger partial charge in [-0.05, 0) is 60.7 Å². The maximum atomic E-state index is 12.8. The van der Waals surface area contributed by atoms with E-state index in [9.17, 15) is 18.0 Å². The van der Waals surface area contributed by atoms with Crippen LogP contribution in [0, 0.1) is 0 Å². The molecular formula is C26H26F3N3O2. The number of carbonyl (C=O) groups excluding carboxylic acids is 1. The molecule has 1 aromatic heterocycles. The number of aromatic nitrogens is 2. The maximum absolute atomic E-state index is 12.8. The molecule has 0 saturated carbocycles. The summed E-state index contributed by atoms with van der Waals surface area (Å²) in [7, 11) is 0. The molecule has 0 N–H and O–H groups in total. The summed E-state index contributed by atoms with van der Waals surface area (Å²) in [6, 6.07) is 11.2. The van der Waals surface area contributed by atoms with E-state index in [2.05, 4.69) is 46.4 Å². The fourth-order valence-electron chi connectivity index (χ4n) is 4.41. The van der Waals surface area contributed by atoms with Gasteiger partial charge in [0.2, 0.25) is 0 Å². The molecule has 1 aliphatic heterocycles. The highest BCUT2D eigenvalue weighted by molar-refractivity contribution is 5.94. The third-order valence-corrected chi connectivity index (χ3v) is 6.13. The standard InChI is InChI=1S/C26H26F3N3O2/c1-3-4-17(2)20-7-10-22-23(15-20)30-16-31-24(22)18-11-13-32(14-12-18)25(33)19-5-8-21(9-6-19)34-26(27,28)29/h5-10,15-16,18H,2-4,11-14H2,1H3. The number of likely N-dealkylation sites (tertiary alicyclic amines) is 1. The third-order valence-electron chi connectivity index (χ3n) is 6.13. The van der Waals surface area contributed by atoms with Gasteiger partial charge in [-0.3, -0.25) is 4.79 Å². The molecule has 0 unspecified atom stereocenters. The number of hydrogen-bond acceptors (Lipinski definition) is 4. The smallest absolute Gasteiger partial charge is 0.406 e. The van der Waals surface area contributed by atoms with E-state index < -0.39 is 6.36 Å². The number of halogens is 3. The number of hydrogen-bond donors (Lipinski definition) is 0. The molecule has 1 saturated heterocycles. The highest BCUT2D eigenvalue weighted by Crippen LogP contribution is 2.33. The number of allylic oxidation sites excluding steroid dienone is 1. The SMILES string of the molecule is C=C(CCC)c1ccc2c(C3CCN(C(=O)c4ccc(OC(F)(F)F)cc4)CC3)ncnc2c1. The van der Waals surface area contributed by atoms with Crippen LogP contribution in [0.1, 0.15) is 60.1 Å². The zero-order valence-electron chi connectivity index (χ0n) is 18.9. The Bertz CT molecular complexity index is 1180. The third kappa shape index (κ3) is 5.38. The van der Waals surface area contributed by atoms with Gasteiger partial charge in [-0.25, -0.2) is 9.97 Å². The first-order chi connectivity index (χ1) is 16.2. The molecule has 0 aliphatic carbocycles. The fraction of sp³-hybridized carbons (Fsp3) is 0.346. The molecule has 1 amide bonds. The Balaban J connectivity index is 1.43. The molecule has 0 spiro atoms. The van der Waals surface area contributed by atoms with Gasteiger partial charge in [0.25, 0.3) is 5.91 Å². The van der Waals surface area contributed by atoms with Gasteiger partial charge in [0.1, 0.15) is 12.1 Å². The van der Waals surface area contributed by atoms with Crippen molar-refractivity contribution in [3.63, 3.8) is 0 Å². The van der Waals surface area contributed by atoms with Crippen molar-refractivity contribution in [2.75, 3.05) is 13.1 Å². The summed E-state index contributed by atoms with van der Waals surface area (Å²) in [5.74, 6) is -0.356. The highest BCUT2D eigenvalue weighted by Gasteiger charge is 2.31. The topological polar surface area (TPSA) is 55.3 Å². The number of benzene rings is 2. The summed E-state index contributed by atoms with van der Waals surface area (Å²) in [4.78, 5) is 23.6. The first-order valence-electron chi connectivity index (χ1n) is 11.3. The van der Waals surface area contributed by atoms with Crippen molar-refractivity contribution < 1.29 is 22.7 Å². The Kier molecular flexibility index (Phi) is 6.86. The molecule has 2 heterocycles. The van der Waals surface area contributed by atoms with Gasteiger partial charge in [0.05, 0.1) is 11.2 Å². The summed E-state index contributed by atoms with van der Waals surface area (Å²) in [5.41, 5.74) is 4.39. The average Bonchev–Trinajstić information content (AvgIpc) is 2.82. The first-order valence-corrected chi connectivity index (χ1v) is 11.3. The van der Waals surface area contributed by atoms with E-state index in [4.69, 9.17) is 0 Å².